The van der Waals surface area contributed by atoms with Crippen molar-refractivity contribution in [2.24, 2.45) is 29.1 Å². The zero-order chi connectivity index (χ0) is 31.8. The summed E-state index contributed by atoms with van der Waals surface area (Å²) in [7, 11) is -0.280. The molecule has 3 aromatic rings. The van der Waals surface area contributed by atoms with Gasteiger partial charge < -0.3 is 19.9 Å². The fourth-order valence-corrected chi connectivity index (χ4v) is 8.15. The molecule has 10 nitrogen and oxygen atoms in total. The molecule has 4 amide bonds. The Morgan fingerprint density at radius 2 is 1.58 bits per heavy atom. The van der Waals surface area contributed by atoms with Crippen molar-refractivity contribution in [1.29, 1.82) is 0 Å². The van der Waals surface area contributed by atoms with Crippen LogP contribution in [0.2, 0.25) is 0 Å². The number of benzene rings is 3. The Balaban J connectivity index is 1.37. The van der Waals surface area contributed by atoms with Crippen LogP contribution in [0.3, 0.4) is 0 Å². The number of ether oxygens (including phenoxy) is 1. The predicted molar refractivity (Wildman–Crippen MR) is 164 cm³/mol. The third-order valence-electron chi connectivity index (χ3n) is 10.3. The van der Waals surface area contributed by atoms with Crippen LogP contribution in [0, 0.1) is 29.1 Å². The molecule has 2 heterocycles. The summed E-state index contributed by atoms with van der Waals surface area (Å²) >= 11 is 0. The molecule has 7 rings (SSSR count). The van der Waals surface area contributed by atoms with Crippen molar-refractivity contribution in [3.8, 4) is 11.5 Å². The summed E-state index contributed by atoms with van der Waals surface area (Å²) in [4.78, 5) is 59.0. The molecule has 0 radical (unpaired) electrons. The molecule has 2 aliphatic carbocycles. The Hall–Kier alpha value is -4.74. The van der Waals surface area contributed by atoms with E-state index in [1.807, 2.05) is 6.08 Å². The summed E-state index contributed by atoms with van der Waals surface area (Å²) in [5.74, 6) is -4.95. The first kappa shape index (κ1) is 29.0. The molecule has 0 bridgehead atoms. The lowest BCUT2D eigenvalue weighted by Crippen LogP contribution is -2.49. The molecule has 2 aliphatic heterocycles. The van der Waals surface area contributed by atoms with Crippen molar-refractivity contribution in [3.05, 3.63) is 90.0 Å². The van der Waals surface area contributed by atoms with Gasteiger partial charge in [-0.2, -0.15) is 0 Å². The van der Waals surface area contributed by atoms with Gasteiger partial charge in [0, 0.05) is 11.5 Å². The number of amides is 4. The van der Waals surface area contributed by atoms with Crippen LogP contribution in [0.1, 0.15) is 31.2 Å². The van der Waals surface area contributed by atoms with E-state index in [4.69, 9.17) is 4.74 Å². The first-order valence-electron chi connectivity index (χ1n) is 14.9. The zero-order valence-corrected chi connectivity index (χ0v) is 24.7. The van der Waals surface area contributed by atoms with Crippen LogP contribution in [0.5, 0.6) is 11.5 Å². The topological polar surface area (TPSA) is 145 Å². The second kappa shape index (κ2) is 10.4. The van der Waals surface area contributed by atoms with Gasteiger partial charge in [-0.1, -0.05) is 42.0 Å². The number of carbonyl (C=O) groups excluding carboxylic acids is 4. The molecule has 228 valence electrons. The second-order valence-corrected chi connectivity index (χ2v) is 12.4. The van der Waals surface area contributed by atoms with Crippen molar-refractivity contribution < 1.29 is 39.1 Å². The van der Waals surface area contributed by atoms with E-state index in [1.165, 1.54) is 30.2 Å². The lowest BCUT2D eigenvalue weighted by atomic mass is 9.51. The molecule has 3 fully saturated rings. The summed E-state index contributed by atoms with van der Waals surface area (Å²) in [6.07, 6.45) is 2.30. The van der Waals surface area contributed by atoms with Crippen LogP contribution in [-0.4, -0.2) is 53.0 Å². The Labute approximate surface area is 259 Å². The van der Waals surface area contributed by atoms with E-state index in [0.717, 1.165) is 10.5 Å². The highest BCUT2D eigenvalue weighted by molar-refractivity contribution is 6.58. The lowest BCUT2D eigenvalue weighted by Gasteiger charge is -2.49. The number of nitrogens with zero attached hydrogens (tertiary/aromatic N) is 2. The van der Waals surface area contributed by atoms with Gasteiger partial charge in [0.05, 0.1) is 41.7 Å². The number of methoxy groups -OCH3 is 1. The Kier molecular flexibility index (Phi) is 6.72. The SMILES string of the molecule is COc1ccc(O)c(C2C3=CCC4C(=O)N(c5cccc(B(O)O)c5)C(=O)C4C3CC3C(=O)N(c4ccccc4)C(=O)C32C)c1. The van der Waals surface area contributed by atoms with E-state index in [1.54, 1.807) is 61.5 Å². The average Bonchev–Trinajstić information content (AvgIpc) is 3.41. The molecule has 6 atom stereocenters. The van der Waals surface area contributed by atoms with Gasteiger partial charge in [-0.3, -0.25) is 24.1 Å². The molecule has 45 heavy (non-hydrogen) atoms. The highest BCUT2D eigenvalue weighted by atomic mass is 16.5. The maximum atomic E-state index is 14.5. The number of anilines is 2. The third kappa shape index (κ3) is 4.10. The van der Waals surface area contributed by atoms with E-state index >= 15 is 0 Å². The first-order valence-corrected chi connectivity index (χ1v) is 14.9. The number of phenolic OH excluding ortho intramolecular Hbond substituents is 1. The molecular formula is C34H31BN2O8. The lowest BCUT2D eigenvalue weighted by molar-refractivity contribution is -0.131. The van der Waals surface area contributed by atoms with Crippen LogP contribution in [0.15, 0.2) is 84.4 Å². The molecule has 3 N–H and O–H groups in total. The minimum atomic E-state index is -1.78. The number of carbonyl (C=O) groups is 4. The molecule has 11 heteroatoms. The Morgan fingerprint density at radius 1 is 0.844 bits per heavy atom. The average molecular weight is 606 g/mol. The summed E-state index contributed by atoms with van der Waals surface area (Å²) in [5.41, 5.74) is 0.651. The van der Waals surface area contributed by atoms with Crippen molar-refractivity contribution >= 4 is 47.6 Å². The van der Waals surface area contributed by atoms with Crippen LogP contribution in [0.25, 0.3) is 0 Å². The van der Waals surface area contributed by atoms with Gasteiger partial charge in [0.15, 0.2) is 0 Å². The van der Waals surface area contributed by atoms with Gasteiger partial charge in [-0.15, -0.1) is 0 Å². The van der Waals surface area contributed by atoms with Gasteiger partial charge in [-0.05, 0) is 73.6 Å². The monoisotopic (exact) mass is 606 g/mol. The molecule has 6 unspecified atom stereocenters. The van der Waals surface area contributed by atoms with E-state index in [0.29, 0.717) is 17.0 Å². The van der Waals surface area contributed by atoms with E-state index in [-0.39, 0.29) is 35.6 Å². The maximum absolute atomic E-state index is 14.5. The number of allylic oxidation sites excluding steroid dienone is 2. The number of hydrogen-bond acceptors (Lipinski definition) is 8. The molecule has 1 saturated carbocycles. The quantitative estimate of drug-likeness (QED) is 0.228. The van der Waals surface area contributed by atoms with Gasteiger partial charge in [0.1, 0.15) is 11.5 Å². The fraction of sp³-hybridized carbons (Fsp3) is 0.294. The number of hydrogen-bond donors (Lipinski definition) is 3. The van der Waals surface area contributed by atoms with Crippen molar-refractivity contribution in [2.75, 3.05) is 16.9 Å². The number of para-hydroxylation sites is 1. The van der Waals surface area contributed by atoms with E-state index < -0.39 is 59.8 Å². The molecule has 4 aliphatic rings. The first-order chi connectivity index (χ1) is 21.6. The van der Waals surface area contributed by atoms with E-state index in [2.05, 4.69) is 0 Å². The number of rotatable bonds is 5. The Bertz CT molecular complexity index is 1790. The fourth-order valence-electron chi connectivity index (χ4n) is 8.15. The smallest absolute Gasteiger partial charge is 0.488 e. The van der Waals surface area contributed by atoms with Crippen molar-refractivity contribution in [1.82, 2.24) is 0 Å². The highest BCUT2D eigenvalue weighted by Crippen LogP contribution is 2.64. The molecule has 0 spiro atoms. The molecule has 2 saturated heterocycles. The maximum Gasteiger partial charge on any atom is 0.488 e. The standard InChI is InChI=1S/C34H31BN2O8/c1-34-26(31(40)37(33(34)42)19-8-4-3-5-9-19)17-24-22(29(34)25-16-21(45-2)11-14-27(25)38)12-13-23-28(24)32(41)36(30(23)39)20-10-6-7-18(15-20)35(43)44/h3-12,14-16,23-24,26,28-29,38,43-44H,13,17H2,1-2H3. The number of phenols is 1. The number of aromatic hydroxyl groups is 1. The summed E-state index contributed by atoms with van der Waals surface area (Å²) in [6, 6.07) is 19.5. The van der Waals surface area contributed by atoms with Gasteiger partial charge in [0.25, 0.3) is 0 Å². The van der Waals surface area contributed by atoms with Crippen LogP contribution >= 0.6 is 0 Å². The molecular weight excluding hydrogens is 575 g/mol. The van der Waals surface area contributed by atoms with Crippen molar-refractivity contribution in [3.63, 3.8) is 0 Å². The summed E-state index contributed by atoms with van der Waals surface area (Å²) < 4.78 is 5.48. The Morgan fingerprint density at radius 3 is 2.29 bits per heavy atom. The van der Waals surface area contributed by atoms with E-state index in [9.17, 15) is 34.3 Å². The van der Waals surface area contributed by atoms with Gasteiger partial charge >= 0.3 is 7.12 Å². The van der Waals surface area contributed by atoms with Crippen LogP contribution < -0.4 is 20.0 Å². The minimum Gasteiger partial charge on any atom is -0.508 e. The van der Waals surface area contributed by atoms with Gasteiger partial charge in [-0.25, -0.2) is 4.90 Å². The highest BCUT2D eigenvalue weighted by Gasteiger charge is 2.68. The molecule has 0 aromatic heterocycles. The van der Waals surface area contributed by atoms with Crippen LogP contribution in [-0.2, 0) is 19.2 Å². The van der Waals surface area contributed by atoms with Gasteiger partial charge in [0.2, 0.25) is 23.6 Å². The summed E-state index contributed by atoms with van der Waals surface area (Å²) in [5, 5.41) is 30.6. The predicted octanol–water partition coefficient (Wildman–Crippen LogP) is 2.52. The van der Waals surface area contributed by atoms with Crippen molar-refractivity contribution in [2.45, 2.75) is 25.7 Å². The zero-order valence-electron chi connectivity index (χ0n) is 24.7. The van der Waals surface area contributed by atoms with Crippen LogP contribution in [0.4, 0.5) is 11.4 Å². The normalized spacial score (nSPS) is 28.9. The third-order valence-corrected chi connectivity index (χ3v) is 10.3. The minimum absolute atomic E-state index is 0.0716. The molecule has 3 aromatic carbocycles. The number of imide groups is 2. The number of fused-ring (bicyclic) bond motifs is 4. The second-order valence-electron chi connectivity index (χ2n) is 12.4. The largest absolute Gasteiger partial charge is 0.508 e. The summed E-state index contributed by atoms with van der Waals surface area (Å²) in [6.45, 7) is 1.76.